The Morgan fingerprint density at radius 2 is 1.30 bits per heavy atom. The SMILES string of the molecule is O=C(CC(c1cccs1)c1cn(Cc2ccccc2)c2ccccc12)N1CCN(C(c2ccccc2)c2ccccc2)CC1. The Bertz CT molecular complexity index is 1750. The van der Waals surface area contributed by atoms with Gasteiger partial charge in [0.05, 0.1) is 6.04 Å². The summed E-state index contributed by atoms with van der Waals surface area (Å²) < 4.78 is 2.34. The van der Waals surface area contributed by atoms with E-state index in [1.165, 1.54) is 38.0 Å². The highest BCUT2D eigenvalue weighted by Gasteiger charge is 2.31. The van der Waals surface area contributed by atoms with Gasteiger partial charge in [-0.2, -0.15) is 0 Å². The quantitative estimate of drug-likeness (QED) is 0.169. The van der Waals surface area contributed by atoms with Crippen LogP contribution in [0.5, 0.6) is 0 Å². The molecular formula is C39H37N3OS. The van der Waals surface area contributed by atoms with Crippen LogP contribution in [-0.4, -0.2) is 46.5 Å². The molecule has 0 bridgehead atoms. The molecule has 0 radical (unpaired) electrons. The first-order chi connectivity index (χ1) is 21.7. The number of benzene rings is 4. The predicted octanol–water partition coefficient (Wildman–Crippen LogP) is 8.21. The van der Waals surface area contributed by atoms with E-state index in [0.717, 1.165) is 32.7 Å². The summed E-state index contributed by atoms with van der Waals surface area (Å²) in [6.45, 7) is 3.97. The maximum Gasteiger partial charge on any atom is 0.223 e. The highest BCUT2D eigenvalue weighted by molar-refractivity contribution is 7.10. The number of hydrogen-bond acceptors (Lipinski definition) is 3. The molecule has 1 aliphatic heterocycles. The molecule has 0 saturated carbocycles. The summed E-state index contributed by atoms with van der Waals surface area (Å²) in [6.07, 6.45) is 2.76. The van der Waals surface area contributed by atoms with E-state index < -0.39 is 0 Å². The van der Waals surface area contributed by atoms with Crippen LogP contribution in [0.4, 0.5) is 0 Å². The third-order valence-corrected chi connectivity index (χ3v) is 9.90. The fourth-order valence-electron chi connectivity index (χ4n) is 6.74. The largest absolute Gasteiger partial charge is 0.343 e. The summed E-state index contributed by atoms with van der Waals surface area (Å²) >= 11 is 1.75. The van der Waals surface area contributed by atoms with Crippen molar-refractivity contribution in [1.29, 1.82) is 0 Å². The van der Waals surface area contributed by atoms with Gasteiger partial charge in [-0.3, -0.25) is 9.69 Å². The Morgan fingerprint density at radius 3 is 1.93 bits per heavy atom. The Labute approximate surface area is 263 Å². The Morgan fingerprint density at radius 1 is 0.682 bits per heavy atom. The topological polar surface area (TPSA) is 28.5 Å². The third kappa shape index (κ3) is 5.99. The monoisotopic (exact) mass is 595 g/mol. The summed E-state index contributed by atoms with van der Waals surface area (Å²) in [4.78, 5) is 19.9. The maximum atomic E-state index is 14.0. The lowest BCUT2D eigenvalue weighted by Gasteiger charge is -2.40. The number of nitrogens with zero attached hydrogens (tertiary/aromatic N) is 3. The molecule has 4 aromatic carbocycles. The Kier molecular flexibility index (Phi) is 8.40. The average Bonchev–Trinajstić information content (AvgIpc) is 3.75. The number of fused-ring (bicyclic) bond motifs is 1. The highest BCUT2D eigenvalue weighted by Crippen LogP contribution is 2.38. The molecule has 0 spiro atoms. The van der Waals surface area contributed by atoms with Crippen LogP contribution in [0.3, 0.4) is 0 Å². The first-order valence-corrected chi connectivity index (χ1v) is 16.4. The Balaban J connectivity index is 1.12. The normalized spacial score (nSPS) is 14.7. The lowest BCUT2D eigenvalue weighted by atomic mass is 9.92. The minimum absolute atomic E-state index is 0.0174. The first-order valence-electron chi connectivity index (χ1n) is 15.5. The molecule has 1 amide bonds. The van der Waals surface area contributed by atoms with Crippen LogP contribution in [0.2, 0.25) is 0 Å². The lowest BCUT2D eigenvalue weighted by Crippen LogP contribution is -2.50. The fraction of sp³-hybridized carbons (Fsp3) is 0.205. The Hall–Kier alpha value is -4.45. The molecule has 1 fully saturated rings. The van der Waals surface area contributed by atoms with Crippen LogP contribution in [0, 0.1) is 0 Å². The molecule has 3 heterocycles. The van der Waals surface area contributed by atoms with E-state index >= 15 is 0 Å². The molecule has 5 heteroatoms. The van der Waals surface area contributed by atoms with Gasteiger partial charge in [0.1, 0.15) is 0 Å². The standard InChI is InChI=1S/C39H37N3OS/c43-38(40-22-24-41(25-23-40)39(31-15-6-2-7-16-31)32-17-8-3-9-18-32)27-34(37-21-12-26-44-37)35-29-42(28-30-13-4-1-5-14-30)36-20-11-10-19-33(35)36/h1-21,26,29,34,39H,22-25,27-28H2. The van der Waals surface area contributed by atoms with Crippen LogP contribution in [-0.2, 0) is 11.3 Å². The fourth-order valence-corrected chi connectivity index (χ4v) is 7.58. The van der Waals surface area contributed by atoms with Crippen LogP contribution in [0.1, 0.15) is 45.5 Å². The van der Waals surface area contributed by atoms with Crippen molar-refractivity contribution in [2.24, 2.45) is 0 Å². The summed E-state index contributed by atoms with van der Waals surface area (Å²) in [7, 11) is 0. The minimum Gasteiger partial charge on any atom is -0.343 e. The van der Waals surface area contributed by atoms with Crippen LogP contribution < -0.4 is 0 Å². The average molecular weight is 596 g/mol. The molecule has 1 atom stereocenters. The molecule has 1 aliphatic rings. The van der Waals surface area contributed by atoms with Crippen molar-refractivity contribution in [3.8, 4) is 0 Å². The summed E-state index contributed by atoms with van der Waals surface area (Å²) in [5, 5.41) is 3.36. The van der Waals surface area contributed by atoms with Gasteiger partial charge in [0.2, 0.25) is 5.91 Å². The van der Waals surface area contributed by atoms with Gasteiger partial charge in [-0.1, -0.05) is 115 Å². The zero-order valence-corrected chi connectivity index (χ0v) is 25.7. The molecular weight excluding hydrogens is 559 g/mol. The number of piperazine rings is 1. The van der Waals surface area contributed by atoms with E-state index in [1.54, 1.807) is 11.3 Å². The molecule has 1 unspecified atom stereocenters. The van der Waals surface area contributed by atoms with Crippen molar-refractivity contribution in [2.45, 2.75) is 24.9 Å². The molecule has 1 saturated heterocycles. The number of hydrogen-bond donors (Lipinski definition) is 0. The number of rotatable bonds is 9. The number of carbonyl (C=O) groups is 1. The summed E-state index contributed by atoms with van der Waals surface area (Å²) in [6, 6.07) is 45.2. The van der Waals surface area contributed by atoms with Gasteiger partial charge < -0.3 is 9.47 Å². The van der Waals surface area contributed by atoms with Crippen LogP contribution in [0.25, 0.3) is 10.9 Å². The molecule has 7 rings (SSSR count). The molecule has 0 aliphatic carbocycles. The molecule has 2 aromatic heterocycles. The second kappa shape index (κ2) is 13.0. The number of para-hydroxylation sites is 1. The number of thiophene rings is 1. The zero-order chi connectivity index (χ0) is 29.7. The van der Waals surface area contributed by atoms with Crippen molar-refractivity contribution >= 4 is 28.1 Å². The van der Waals surface area contributed by atoms with E-state index in [4.69, 9.17) is 0 Å². The maximum absolute atomic E-state index is 14.0. The smallest absolute Gasteiger partial charge is 0.223 e. The number of amides is 1. The lowest BCUT2D eigenvalue weighted by molar-refractivity contribution is -0.133. The van der Waals surface area contributed by atoms with Gasteiger partial charge >= 0.3 is 0 Å². The van der Waals surface area contributed by atoms with Crippen LogP contribution >= 0.6 is 11.3 Å². The van der Waals surface area contributed by atoms with Gasteiger partial charge in [-0.15, -0.1) is 11.3 Å². The van der Waals surface area contributed by atoms with Crippen molar-refractivity contribution in [3.63, 3.8) is 0 Å². The number of aromatic nitrogens is 1. The second-order valence-corrected chi connectivity index (χ2v) is 12.6. The molecule has 0 N–H and O–H groups in total. The van der Waals surface area contributed by atoms with Gasteiger partial charge in [0, 0.05) is 67.0 Å². The molecule has 4 nitrogen and oxygen atoms in total. The van der Waals surface area contributed by atoms with Gasteiger partial charge in [0.15, 0.2) is 0 Å². The zero-order valence-electron chi connectivity index (χ0n) is 24.8. The van der Waals surface area contributed by atoms with Crippen LogP contribution in [0.15, 0.2) is 139 Å². The molecule has 44 heavy (non-hydrogen) atoms. The van der Waals surface area contributed by atoms with E-state index in [0.29, 0.717) is 6.42 Å². The number of carbonyl (C=O) groups excluding carboxylic acids is 1. The van der Waals surface area contributed by atoms with E-state index in [1.807, 2.05) is 0 Å². The highest BCUT2D eigenvalue weighted by atomic mass is 32.1. The van der Waals surface area contributed by atoms with Gasteiger partial charge in [-0.25, -0.2) is 0 Å². The van der Waals surface area contributed by atoms with Gasteiger partial charge in [-0.05, 0) is 39.8 Å². The predicted molar refractivity (Wildman–Crippen MR) is 181 cm³/mol. The molecule has 220 valence electrons. The van der Waals surface area contributed by atoms with E-state index in [9.17, 15) is 4.79 Å². The van der Waals surface area contributed by atoms with Gasteiger partial charge in [0.25, 0.3) is 0 Å². The third-order valence-electron chi connectivity index (χ3n) is 8.92. The molecule has 6 aromatic rings. The van der Waals surface area contributed by atoms with E-state index in [2.05, 4.69) is 153 Å². The summed E-state index contributed by atoms with van der Waals surface area (Å²) in [5.41, 5.74) is 6.30. The van der Waals surface area contributed by atoms with Crippen molar-refractivity contribution in [1.82, 2.24) is 14.4 Å². The van der Waals surface area contributed by atoms with Crippen molar-refractivity contribution < 1.29 is 4.79 Å². The van der Waals surface area contributed by atoms with Crippen molar-refractivity contribution in [3.05, 3.63) is 166 Å². The second-order valence-electron chi connectivity index (χ2n) is 11.6. The first kappa shape index (κ1) is 28.3. The van der Waals surface area contributed by atoms with E-state index in [-0.39, 0.29) is 17.9 Å². The minimum atomic E-state index is 0.0174. The van der Waals surface area contributed by atoms with Crippen molar-refractivity contribution in [2.75, 3.05) is 26.2 Å². The summed E-state index contributed by atoms with van der Waals surface area (Å²) in [5.74, 6) is 0.253.